The van der Waals surface area contributed by atoms with Gasteiger partial charge in [0.1, 0.15) is 12.4 Å². The lowest BCUT2D eigenvalue weighted by Crippen LogP contribution is -2.11. The van der Waals surface area contributed by atoms with Crippen molar-refractivity contribution in [1.82, 2.24) is 0 Å². The predicted octanol–water partition coefficient (Wildman–Crippen LogP) is 3.91. The quantitative estimate of drug-likeness (QED) is 0.929. The van der Waals surface area contributed by atoms with Crippen LogP contribution in [-0.2, 0) is 4.79 Å². The van der Waals surface area contributed by atoms with Crippen LogP contribution in [0.4, 0.5) is 0 Å². The van der Waals surface area contributed by atoms with Crippen LogP contribution in [0.25, 0.3) is 5.57 Å². The van der Waals surface area contributed by atoms with Crippen molar-refractivity contribution in [2.75, 3.05) is 6.61 Å². The number of para-hydroxylation sites is 1. The molecule has 0 aliphatic carbocycles. The molecule has 0 atom stereocenters. The molecule has 0 unspecified atom stereocenters. The second kappa shape index (κ2) is 6.31. The lowest BCUT2D eigenvalue weighted by Gasteiger charge is -2.23. The van der Waals surface area contributed by atoms with E-state index in [9.17, 15) is 4.79 Å². The summed E-state index contributed by atoms with van der Waals surface area (Å²) in [6.45, 7) is 0.442. The molecule has 0 bridgehead atoms. The standard InChI is InChI=1S/C19H16O3/c20-18(21)12-6-9-15-13-22-17-11-5-4-10-16(17)19(15)14-7-2-1-3-8-14/h1-11H,12-13H2,(H,20,21). The van der Waals surface area contributed by atoms with E-state index >= 15 is 0 Å². The second-order valence-electron chi connectivity index (χ2n) is 5.05. The molecule has 0 radical (unpaired) electrons. The van der Waals surface area contributed by atoms with E-state index in [-0.39, 0.29) is 6.42 Å². The molecule has 0 saturated heterocycles. The summed E-state index contributed by atoms with van der Waals surface area (Å²) in [5.41, 5.74) is 4.23. The number of hydrogen-bond donors (Lipinski definition) is 1. The van der Waals surface area contributed by atoms with Crippen LogP contribution in [0.2, 0.25) is 0 Å². The number of carboxylic acids is 1. The Balaban J connectivity index is 2.10. The molecular weight excluding hydrogens is 276 g/mol. The SMILES string of the molecule is O=C(O)CC=CC1=C(c2ccccc2)c2ccccc2OC1. The van der Waals surface area contributed by atoms with Crippen molar-refractivity contribution in [3.8, 4) is 5.75 Å². The topological polar surface area (TPSA) is 46.5 Å². The Morgan fingerprint density at radius 3 is 2.59 bits per heavy atom. The molecular formula is C19H16O3. The Kier molecular flexibility index (Phi) is 4.05. The average Bonchev–Trinajstić information content (AvgIpc) is 2.55. The number of hydrogen-bond acceptors (Lipinski definition) is 2. The first kappa shape index (κ1) is 14.1. The van der Waals surface area contributed by atoms with Crippen LogP contribution in [0, 0.1) is 0 Å². The summed E-state index contributed by atoms with van der Waals surface area (Å²) >= 11 is 0. The van der Waals surface area contributed by atoms with Gasteiger partial charge in [0, 0.05) is 5.56 Å². The molecule has 3 rings (SSSR count). The Morgan fingerprint density at radius 1 is 1.09 bits per heavy atom. The summed E-state index contributed by atoms with van der Waals surface area (Å²) in [5.74, 6) is 0.0203. The van der Waals surface area contributed by atoms with Crippen LogP contribution in [0.3, 0.4) is 0 Å². The zero-order valence-electron chi connectivity index (χ0n) is 12.0. The molecule has 0 fully saturated rings. The van der Waals surface area contributed by atoms with Gasteiger partial charge in [0.2, 0.25) is 0 Å². The highest BCUT2D eigenvalue weighted by molar-refractivity contribution is 5.87. The van der Waals surface area contributed by atoms with Gasteiger partial charge in [-0.05, 0) is 22.8 Å². The van der Waals surface area contributed by atoms with Gasteiger partial charge in [-0.15, -0.1) is 0 Å². The highest BCUT2D eigenvalue weighted by Gasteiger charge is 2.19. The van der Waals surface area contributed by atoms with Gasteiger partial charge in [0.05, 0.1) is 6.42 Å². The molecule has 1 heterocycles. The first-order valence-corrected chi connectivity index (χ1v) is 7.15. The minimum atomic E-state index is -0.838. The molecule has 2 aromatic carbocycles. The molecule has 110 valence electrons. The fourth-order valence-corrected chi connectivity index (χ4v) is 2.58. The Labute approximate surface area is 129 Å². The highest BCUT2D eigenvalue weighted by atomic mass is 16.5. The first-order chi connectivity index (χ1) is 10.8. The van der Waals surface area contributed by atoms with Crippen LogP contribution >= 0.6 is 0 Å². The fourth-order valence-electron chi connectivity index (χ4n) is 2.58. The average molecular weight is 292 g/mol. The van der Waals surface area contributed by atoms with Crippen LogP contribution in [0.5, 0.6) is 5.75 Å². The predicted molar refractivity (Wildman–Crippen MR) is 85.8 cm³/mol. The van der Waals surface area contributed by atoms with E-state index in [1.807, 2.05) is 48.5 Å². The molecule has 0 amide bonds. The summed E-state index contributed by atoms with van der Waals surface area (Å²) in [6.07, 6.45) is 3.53. The number of fused-ring (bicyclic) bond motifs is 1. The van der Waals surface area contributed by atoms with Crippen molar-refractivity contribution in [2.24, 2.45) is 0 Å². The maximum atomic E-state index is 10.7. The van der Waals surface area contributed by atoms with Gasteiger partial charge in [-0.3, -0.25) is 4.79 Å². The number of rotatable bonds is 4. The maximum absolute atomic E-state index is 10.7. The van der Waals surface area contributed by atoms with Crippen molar-refractivity contribution in [3.05, 3.63) is 83.4 Å². The first-order valence-electron chi connectivity index (χ1n) is 7.15. The second-order valence-corrected chi connectivity index (χ2v) is 5.05. The van der Waals surface area contributed by atoms with Gasteiger partial charge in [0.15, 0.2) is 0 Å². The van der Waals surface area contributed by atoms with Crippen molar-refractivity contribution < 1.29 is 14.6 Å². The third kappa shape index (κ3) is 2.93. The molecule has 1 aliphatic rings. The fraction of sp³-hybridized carbons (Fsp3) is 0.105. The van der Waals surface area contributed by atoms with Gasteiger partial charge >= 0.3 is 5.97 Å². The number of benzene rings is 2. The monoisotopic (exact) mass is 292 g/mol. The number of carbonyl (C=O) groups is 1. The summed E-state index contributed by atoms with van der Waals surface area (Å²) in [5, 5.41) is 8.79. The van der Waals surface area contributed by atoms with Gasteiger partial charge in [0.25, 0.3) is 0 Å². The van der Waals surface area contributed by atoms with Gasteiger partial charge in [-0.2, -0.15) is 0 Å². The third-order valence-electron chi connectivity index (χ3n) is 3.53. The van der Waals surface area contributed by atoms with E-state index in [1.54, 1.807) is 6.08 Å². The number of carboxylic acid groups (broad SMARTS) is 1. The minimum absolute atomic E-state index is 0.00716. The van der Waals surface area contributed by atoms with E-state index < -0.39 is 5.97 Å². The Bertz CT molecular complexity index is 742. The van der Waals surface area contributed by atoms with E-state index in [0.29, 0.717) is 6.61 Å². The largest absolute Gasteiger partial charge is 0.488 e. The Morgan fingerprint density at radius 2 is 1.82 bits per heavy atom. The lowest BCUT2D eigenvalue weighted by molar-refractivity contribution is -0.136. The maximum Gasteiger partial charge on any atom is 0.307 e. The molecule has 22 heavy (non-hydrogen) atoms. The van der Waals surface area contributed by atoms with Gasteiger partial charge in [-0.1, -0.05) is 60.7 Å². The number of aliphatic carboxylic acids is 1. The molecule has 3 heteroatoms. The zero-order chi connectivity index (χ0) is 15.4. The van der Waals surface area contributed by atoms with Crippen molar-refractivity contribution in [3.63, 3.8) is 0 Å². The Hall–Kier alpha value is -2.81. The minimum Gasteiger partial charge on any atom is -0.488 e. The van der Waals surface area contributed by atoms with E-state index in [1.165, 1.54) is 0 Å². The lowest BCUT2D eigenvalue weighted by atomic mass is 9.90. The van der Waals surface area contributed by atoms with Crippen LogP contribution in [0.1, 0.15) is 17.5 Å². The third-order valence-corrected chi connectivity index (χ3v) is 3.53. The molecule has 0 saturated carbocycles. The molecule has 3 nitrogen and oxygen atoms in total. The summed E-state index contributed by atoms with van der Waals surface area (Å²) in [6, 6.07) is 18.0. The number of ether oxygens (including phenoxy) is 1. The molecule has 2 aromatic rings. The van der Waals surface area contributed by atoms with Gasteiger partial charge < -0.3 is 9.84 Å². The van der Waals surface area contributed by atoms with E-state index in [4.69, 9.17) is 9.84 Å². The van der Waals surface area contributed by atoms with E-state index in [2.05, 4.69) is 12.1 Å². The highest BCUT2D eigenvalue weighted by Crippen LogP contribution is 2.37. The van der Waals surface area contributed by atoms with E-state index in [0.717, 1.165) is 28.0 Å². The molecule has 0 spiro atoms. The van der Waals surface area contributed by atoms with Gasteiger partial charge in [-0.25, -0.2) is 0 Å². The summed E-state index contributed by atoms with van der Waals surface area (Å²) in [4.78, 5) is 10.7. The molecule has 1 N–H and O–H groups in total. The van der Waals surface area contributed by atoms with Crippen LogP contribution in [-0.4, -0.2) is 17.7 Å². The normalized spacial score (nSPS) is 13.8. The van der Waals surface area contributed by atoms with Crippen molar-refractivity contribution >= 4 is 11.5 Å². The van der Waals surface area contributed by atoms with Crippen LogP contribution < -0.4 is 4.74 Å². The summed E-state index contributed by atoms with van der Waals surface area (Å²) < 4.78 is 5.79. The zero-order valence-corrected chi connectivity index (χ0v) is 12.0. The smallest absolute Gasteiger partial charge is 0.307 e. The molecule has 0 aromatic heterocycles. The van der Waals surface area contributed by atoms with Crippen LogP contribution in [0.15, 0.2) is 72.3 Å². The summed E-state index contributed by atoms with van der Waals surface area (Å²) in [7, 11) is 0. The molecule has 1 aliphatic heterocycles. The van der Waals surface area contributed by atoms with Crippen molar-refractivity contribution in [2.45, 2.75) is 6.42 Å². The van der Waals surface area contributed by atoms with Crippen molar-refractivity contribution in [1.29, 1.82) is 0 Å².